The Balaban J connectivity index is 3.27. The number of nitriles is 1. The van der Waals surface area contributed by atoms with Gasteiger partial charge < -0.3 is 9.47 Å². The van der Waals surface area contributed by atoms with Gasteiger partial charge in [-0.2, -0.15) is 5.26 Å². The van der Waals surface area contributed by atoms with E-state index in [2.05, 4.69) is 9.47 Å². The van der Waals surface area contributed by atoms with Crippen LogP contribution in [0.3, 0.4) is 0 Å². The summed E-state index contributed by atoms with van der Waals surface area (Å²) >= 11 is 1.54. The van der Waals surface area contributed by atoms with Crippen molar-refractivity contribution in [1.29, 1.82) is 5.26 Å². The molecule has 0 bridgehead atoms. The molecule has 0 fully saturated rings. The fourth-order valence-corrected chi connectivity index (χ4v) is 1.75. The van der Waals surface area contributed by atoms with Crippen molar-refractivity contribution in [3.05, 3.63) is 26.8 Å². The highest BCUT2D eigenvalue weighted by atomic mass is 127. The molecule has 4 nitrogen and oxygen atoms in total. The van der Waals surface area contributed by atoms with Crippen molar-refractivity contribution in [3.63, 3.8) is 0 Å². The normalized spacial score (nSPS) is 10.7. The van der Waals surface area contributed by atoms with Crippen LogP contribution < -0.4 is 4.74 Å². The van der Waals surface area contributed by atoms with E-state index in [1.165, 1.54) is 0 Å². The molecule has 0 saturated heterocycles. The molecule has 1 aromatic carbocycles. The zero-order chi connectivity index (χ0) is 14.6. The molecule has 102 valence electrons. The van der Waals surface area contributed by atoms with Crippen molar-refractivity contribution in [2.45, 2.75) is 13.3 Å². The van der Waals surface area contributed by atoms with E-state index < -0.39 is 18.1 Å². The number of esters is 1. The Morgan fingerprint density at radius 3 is 2.58 bits per heavy atom. The van der Waals surface area contributed by atoms with Crippen molar-refractivity contribution < 1.29 is 27.4 Å². The Morgan fingerprint density at radius 2 is 2.11 bits per heavy atom. The van der Waals surface area contributed by atoms with Gasteiger partial charge in [0.25, 0.3) is 0 Å². The molecule has 8 heteroatoms. The summed E-state index contributed by atoms with van der Waals surface area (Å²) in [7, 11) is 0. The summed E-state index contributed by atoms with van der Waals surface area (Å²) in [6.07, 6.45) is -4.90. The van der Waals surface area contributed by atoms with Gasteiger partial charge in [0.2, 0.25) is 0 Å². The Bertz CT molecular complexity index is 537. The quantitative estimate of drug-likeness (QED) is 0.592. The second kappa shape index (κ2) is 6.10. The van der Waals surface area contributed by atoms with Crippen LogP contribution in [-0.4, -0.2) is 18.9 Å². The van der Waals surface area contributed by atoms with Gasteiger partial charge in [-0.15, -0.1) is 13.2 Å². The first-order valence-electron chi connectivity index (χ1n) is 4.95. The van der Waals surface area contributed by atoms with Crippen LogP contribution in [0, 0.1) is 14.9 Å². The summed E-state index contributed by atoms with van der Waals surface area (Å²) in [6.45, 7) is 1.63. The largest absolute Gasteiger partial charge is 0.573 e. The standard InChI is InChI=1S/C11H7F3INO3/c1-2-18-10(17)6-3-7(5-16)9(15)8(4-6)19-11(12,13)14/h3-4H,2H2,1H3. The summed E-state index contributed by atoms with van der Waals surface area (Å²) in [5.74, 6) is -1.42. The average Bonchev–Trinajstić information content (AvgIpc) is 2.30. The number of benzene rings is 1. The molecule has 0 unspecified atom stereocenters. The van der Waals surface area contributed by atoms with Crippen molar-refractivity contribution in [3.8, 4) is 11.8 Å². The second-order valence-electron chi connectivity index (χ2n) is 3.22. The molecule has 0 aromatic heterocycles. The van der Waals surface area contributed by atoms with Gasteiger partial charge in [0.15, 0.2) is 0 Å². The first kappa shape index (κ1) is 15.6. The lowest BCUT2D eigenvalue weighted by atomic mass is 10.1. The van der Waals surface area contributed by atoms with Crippen LogP contribution in [0.5, 0.6) is 5.75 Å². The third-order valence-corrected chi connectivity index (χ3v) is 3.01. The minimum absolute atomic E-state index is 0.0227. The maximum atomic E-state index is 12.2. The van der Waals surface area contributed by atoms with Crippen LogP contribution >= 0.6 is 22.6 Å². The van der Waals surface area contributed by atoms with E-state index in [0.717, 1.165) is 12.1 Å². The van der Waals surface area contributed by atoms with Gasteiger partial charge in [0.05, 0.1) is 21.3 Å². The lowest BCUT2D eigenvalue weighted by Gasteiger charge is -2.12. The predicted octanol–water partition coefficient (Wildman–Crippen LogP) is 3.24. The van der Waals surface area contributed by atoms with E-state index in [1.54, 1.807) is 35.6 Å². The molecule has 0 aliphatic carbocycles. The third-order valence-electron chi connectivity index (χ3n) is 1.90. The highest BCUT2D eigenvalue weighted by Crippen LogP contribution is 2.31. The smallest absolute Gasteiger partial charge is 0.462 e. The molecule has 0 heterocycles. The van der Waals surface area contributed by atoms with Gasteiger partial charge >= 0.3 is 12.3 Å². The van der Waals surface area contributed by atoms with Crippen molar-refractivity contribution in [1.82, 2.24) is 0 Å². The molecule has 0 saturated carbocycles. The zero-order valence-electron chi connectivity index (χ0n) is 9.55. The molecule has 0 aliphatic rings. The lowest BCUT2D eigenvalue weighted by molar-refractivity contribution is -0.275. The first-order chi connectivity index (χ1) is 8.78. The summed E-state index contributed by atoms with van der Waals surface area (Å²) in [5, 5.41) is 8.83. The molecular formula is C11H7F3INO3. The molecular weight excluding hydrogens is 378 g/mol. The molecule has 19 heavy (non-hydrogen) atoms. The highest BCUT2D eigenvalue weighted by Gasteiger charge is 2.33. The van der Waals surface area contributed by atoms with Crippen LogP contribution in [0.4, 0.5) is 13.2 Å². The van der Waals surface area contributed by atoms with Gasteiger partial charge in [-0.1, -0.05) is 0 Å². The van der Waals surface area contributed by atoms with Crippen LogP contribution in [0.2, 0.25) is 0 Å². The number of alkyl halides is 3. The van der Waals surface area contributed by atoms with Gasteiger partial charge in [0, 0.05) is 0 Å². The molecule has 0 radical (unpaired) electrons. The van der Waals surface area contributed by atoms with Crippen molar-refractivity contribution in [2.24, 2.45) is 0 Å². The molecule has 0 atom stereocenters. The van der Waals surface area contributed by atoms with Gasteiger partial charge in [-0.05, 0) is 41.6 Å². The SMILES string of the molecule is CCOC(=O)c1cc(C#N)c(I)c(OC(F)(F)F)c1. The summed E-state index contributed by atoms with van der Waals surface area (Å²) < 4.78 is 45.1. The van der Waals surface area contributed by atoms with Crippen LogP contribution in [0.1, 0.15) is 22.8 Å². The van der Waals surface area contributed by atoms with E-state index in [9.17, 15) is 18.0 Å². The molecule has 1 rings (SSSR count). The number of nitrogens with zero attached hydrogens (tertiary/aromatic N) is 1. The molecule has 0 aliphatic heterocycles. The van der Waals surface area contributed by atoms with Crippen LogP contribution in [-0.2, 0) is 4.74 Å². The number of halogens is 4. The number of carbonyl (C=O) groups excluding carboxylic acids is 1. The topological polar surface area (TPSA) is 59.3 Å². The Kier molecular flexibility index (Phi) is 4.99. The van der Waals surface area contributed by atoms with Gasteiger partial charge in [-0.25, -0.2) is 4.79 Å². The minimum Gasteiger partial charge on any atom is -0.462 e. The van der Waals surface area contributed by atoms with Crippen molar-refractivity contribution >= 4 is 28.6 Å². The minimum atomic E-state index is -4.90. The molecule has 0 spiro atoms. The number of ether oxygens (including phenoxy) is 2. The third kappa shape index (κ3) is 4.27. The Labute approximate surface area is 120 Å². The van der Waals surface area contributed by atoms with E-state index in [1.807, 2.05) is 0 Å². The molecule has 0 amide bonds. The fraction of sp³-hybridized carbons (Fsp3) is 0.273. The Hall–Kier alpha value is -1.50. The second-order valence-corrected chi connectivity index (χ2v) is 4.29. The molecule has 0 N–H and O–H groups in total. The predicted molar refractivity (Wildman–Crippen MR) is 66.5 cm³/mol. The maximum absolute atomic E-state index is 12.2. The summed E-state index contributed by atoms with van der Waals surface area (Å²) in [6, 6.07) is 3.75. The lowest BCUT2D eigenvalue weighted by Crippen LogP contribution is -2.18. The first-order valence-corrected chi connectivity index (χ1v) is 6.03. The summed E-state index contributed by atoms with van der Waals surface area (Å²) in [5.41, 5.74) is -0.261. The number of carbonyl (C=O) groups is 1. The number of hydrogen-bond acceptors (Lipinski definition) is 4. The van der Waals surface area contributed by atoms with E-state index in [-0.39, 0.29) is 21.3 Å². The van der Waals surface area contributed by atoms with Gasteiger partial charge in [-0.3, -0.25) is 0 Å². The number of rotatable bonds is 3. The maximum Gasteiger partial charge on any atom is 0.573 e. The van der Waals surface area contributed by atoms with Crippen LogP contribution in [0.25, 0.3) is 0 Å². The van der Waals surface area contributed by atoms with E-state index in [4.69, 9.17) is 5.26 Å². The fourth-order valence-electron chi connectivity index (χ4n) is 1.21. The van der Waals surface area contributed by atoms with Crippen molar-refractivity contribution in [2.75, 3.05) is 6.61 Å². The van der Waals surface area contributed by atoms with Crippen LogP contribution in [0.15, 0.2) is 12.1 Å². The Morgan fingerprint density at radius 1 is 1.47 bits per heavy atom. The van der Waals surface area contributed by atoms with Gasteiger partial charge in [0.1, 0.15) is 11.8 Å². The summed E-state index contributed by atoms with van der Waals surface area (Å²) in [4.78, 5) is 11.5. The molecule has 1 aromatic rings. The number of hydrogen-bond donors (Lipinski definition) is 0. The van der Waals surface area contributed by atoms with E-state index >= 15 is 0 Å². The van der Waals surface area contributed by atoms with E-state index in [0.29, 0.717) is 0 Å². The monoisotopic (exact) mass is 385 g/mol. The average molecular weight is 385 g/mol. The highest BCUT2D eigenvalue weighted by molar-refractivity contribution is 14.1. The zero-order valence-corrected chi connectivity index (χ0v) is 11.7.